The molecule has 1 fully saturated rings. The summed E-state index contributed by atoms with van der Waals surface area (Å²) in [7, 11) is 1.88. The molecule has 1 aliphatic heterocycles. The van der Waals surface area contributed by atoms with Crippen LogP contribution < -0.4 is 0 Å². The van der Waals surface area contributed by atoms with Crippen LogP contribution in [-0.2, 0) is 9.53 Å². The Balaban J connectivity index is 2.59. The number of amides is 1. The molecule has 94 valence electrons. The molecule has 3 nitrogen and oxygen atoms in total. The summed E-state index contributed by atoms with van der Waals surface area (Å²) in [6, 6.07) is 0. The third kappa shape index (κ3) is 2.98. The molecule has 0 radical (unpaired) electrons. The first-order chi connectivity index (χ1) is 7.49. The first-order valence-electron chi connectivity index (χ1n) is 5.95. The summed E-state index contributed by atoms with van der Waals surface area (Å²) >= 11 is 3.38. The molecule has 16 heavy (non-hydrogen) atoms. The van der Waals surface area contributed by atoms with Gasteiger partial charge in [-0.3, -0.25) is 4.79 Å². The fourth-order valence-corrected chi connectivity index (χ4v) is 2.60. The number of carbonyl (C=O) groups excluding carboxylic acids is 1. The quantitative estimate of drug-likeness (QED) is 0.744. The molecule has 0 aromatic rings. The second-order valence-electron chi connectivity index (χ2n) is 4.73. The molecule has 0 aromatic carbocycles. The lowest BCUT2D eigenvalue weighted by Gasteiger charge is -2.24. The van der Waals surface area contributed by atoms with E-state index in [9.17, 15) is 4.79 Å². The van der Waals surface area contributed by atoms with Gasteiger partial charge in [0.25, 0.3) is 0 Å². The van der Waals surface area contributed by atoms with Gasteiger partial charge in [0, 0.05) is 18.9 Å². The Kier molecular flexibility index (Phi) is 5.25. The standard InChI is InChI=1S/C12H22BrNO2/c1-8-9(2)16-10(3)11(8)12(15)14(4)7-5-6-13/h8-11H,5-7H2,1-4H3. The average molecular weight is 292 g/mol. The summed E-state index contributed by atoms with van der Waals surface area (Å²) in [4.78, 5) is 14.1. The second-order valence-corrected chi connectivity index (χ2v) is 5.53. The van der Waals surface area contributed by atoms with Crippen molar-refractivity contribution < 1.29 is 9.53 Å². The van der Waals surface area contributed by atoms with Gasteiger partial charge >= 0.3 is 0 Å². The van der Waals surface area contributed by atoms with Crippen LogP contribution in [0.5, 0.6) is 0 Å². The van der Waals surface area contributed by atoms with E-state index in [4.69, 9.17) is 4.74 Å². The topological polar surface area (TPSA) is 29.5 Å². The van der Waals surface area contributed by atoms with Crippen LogP contribution in [0.1, 0.15) is 27.2 Å². The van der Waals surface area contributed by atoms with Crippen molar-refractivity contribution in [3.8, 4) is 0 Å². The van der Waals surface area contributed by atoms with Gasteiger partial charge in [0.1, 0.15) is 0 Å². The zero-order valence-electron chi connectivity index (χ0n) is 10.6. The van der Waals surface area contributed by atoms with Crippen LogP contribution in [0, 0.1) is 11.8 Å². The molecular formula is C12H22BrNO2. The van der Waals surface area contributed by atoms with Crippen molar-refractivity contribution in [2.24, 2.45) is 11.8 Å². The molecule has 4 heteroatoms. The number of hydrogen-bond acceptors (Lipinski definition) is 2. The summed E-state index contributed by atoms with van der Waals surface area (Å²) in [5, 5.41) is 0.938. The normalized spacial score (nSPS) is 34.1. The maximum absolute atomic E-state index is 12.2. The zero-order chi connectivity index (χ0) is 12.3. The van der Waals surface area contributed by atoms with Crippen molar-refractivity contribution in [3.63, 3.8) is 0 Å². The van der Waals surface area contributed by atoms with Gasteiger partial charge < -0.3 is 9.64 Å². The Labute approximate surface area is 107 Å². The number of alkyl halides is 1. The molecule has 1 amide bonds. The Morgan fingerprint density at radius 2 is 1.94 bits per heavy atom. The van der Waals surface area contributed by atoms with Crippen LogP contribution in [0.3, 0.4) is 0 Å². The Morgan fingerprint density at radius 1 is 1.31 bits per heavy atom. The minimum absolute atomic E-state index is 0.0234. The SMILES string of the molecule is CC1OC(C)C(C(=O)N(C)CCCBr)C1C. The highest BCUT2D eigenvalue weighted by atomic mass is 79.9. The summed E-state index contributed by atoms with van der Waals surface area (Å²) in [5.41, 5.74) is 0. The number of nitrogens with zero attached hydrogens (tertiary/aromatic N) is 1. The maximum Gasteiger partial charge on any atom is 0.228 e. The van der Waals surface area contributed by atoms with Crippen LogP contribution in [-0.4, -0.2) is 41.9 Å². The van der Waals surface area contributed by atoms with E-state index in [1.807, 2.05) is 25.8 Å². The van der Waals surface area contributed by atoms with E-state index in [0.717, 1.165) is 18.3 Å². The smallest absolute Gasteiger partial charge is 0.228 e. The largest absolute Gasteiger partial charge is 0.374 e. The third-order valence-corrected chi connectivity index (χ3v) is 4.09. The minimum Gasteiger partial charge on any atom is -0.374 e. The lowest BCUT2D eigenvalue weighted by molar-refractivity contribution is -0.136. The maximum atomic E-state index is 12.2. The first kappa shape index (κ1) is 14.0. The second kappa shape index (κ2) is 6.01. The highest BCUT2D eigenvalue weighted by Crippen LogP contribution is 2.33. The summed E-state index contributed by atoms with van der Waals surface area (Å²) in [5.74, 6) is 0.564. The van der Waals surface area contributed by atoms with Crippen LogP contribution >= 0.6 is 15.9 Å². The van der Waals surface area contributed by atoms with Gasteiger partial charge in [0.15, 0.2) is 0 Å². The fourth-order valence-electron chi connectivity index (χ4n) is 2.35. The van der Waals surface area contributed by atoms with Gasteiger partial charge in [-0.2, -0.15) is 0 Å². The van der Waals surface area contributed by atoms with Crippen molar-refractivity contribution in [3.05, 3.63) is 0 Å². The van der Waals surface area contributed by atoms with E-state index in [-0.39, 0.29) is 24.0 Å². The van der Waals surface area contributed by atoms with E-state index in [2.05, 4.69) is 22.9 Å². The van der Waals surface area contributed by atoms with Gasteiger partial charge in [-0.05, 0) is 26.2 Å². The minimum atomic E-state index is 0.0234. The Morgan fingerprint density at radius 3 is 2.38 bits per heavy atom. The lowest BCUT2D eigenvalue weighted by atomic mass is 9.88. The van der Waals surface area contributed by atoms with Crippen molar-refractivity contribution in [2.75, 3.05) is 18.9 Å². The summed E-state index contributed by atoms with van der Waals surface area (Å²) in [6.45, 7) is 6.97. The molecule has 0 aromatic heterocycles. The molecule has 1 aliphatic rings. The van der Waals surface area contributed by atoms with Crippen molar-refractivity contribution in [1.29, 1.82) is 0 Å². The lowest BCUT2D eigenvalue weighted by Crippen LogP contribution is -2.39. The highest BCUT2D eigenvalue weighted by molar-refractivity contribution is 9.09. The predicted molar refractivity (Wildman–Crippen MR) is 68.7 cm³/mol. The molecular weight excluding hydrogens is 270 g/mol. The van der Waals surface area contributed by atoms with Crippen LogP contribution in [0.2, 0.25) is 0 Å². The molecule has 1 saturated heterocycles. The van der Waals surface area contributed by atoms with Crippen LogP contribution in [0.25, 0.3) is 0 Å². The summed E-state index contributed by atoms with van der Waals surface area (Å²) in [6.07, 6.45) is 1.23. The van der Waals surface area contributed by atoms with E-state index in [1.165, 1.54) is 0 Å². The Hall–Kier alpha value is -0.0900. The van der Waals surface area contributed by atoms with Crippen LogP contribution in [0.4, 0.5) is 0 Å². The molecule has 1 heterocycles. The highest BCUT2D eigenvalue weighted by Gasteiger charge is 2.42. The average Bonchev–Trinajstić information content (AvgIpc) is 2.49. The molecule has 4 unspecified atom stereocenters. The number of halogens is 1. The molecule has 0 N–H and O–H groups in total. The Bertz CT molecular complexity index is 247. The first-order valence-corrected chi connectivity index (χ1v) is 7.07. The fraction of sp³-hybridized carbons (Fsp3) is 0.917. The monoisotopic (exact) mass is 291 g/mol. The van der Waals surface area contributed by atoms with Gasteiger partial charge in [0.2, 0.25) is 5.91 Å². The molecule has 0 spiro atoms. The molecule has 0 bridgehead atoms. The number of carbonyl (C=O) groups is 1. The van der Waals surface area contributed by atoms with Gasteiger partial charge in [-0.25, -0.2) is 0 Å². The number of rotatable bonds is 4. The van der Waals surface area contributed by atoms with E-state index in [0.29, 0.717) is 5.92 Å². The molecule has 1 rings (SSSR count). The van der Waals surface area contributed by atoms with E-state index < -0.39 is 0 Å². The van der Waals surface area contributed by atoms with Crippen molar-refractivity contribution >= 4 is 21.8 Å². The molecule has 4 atom stereocenters. The van der Waals surface area contributed by atoms with E-state index in [1.54, 1.807) is 0 Å². The summed E-state index contributed by atoms with van der Waals surface area (Å²) < 4.78 is 5.71. The molecule has 0 saturated carbocycles. The third-order valence-electron chi connectivity index (χ3n) is 3.53. The molecule has 0 aliphatic carbocycles. The van der Waals surface area contributed by atoms with Crippen molar-refractivity contribution in [1.82, 2.24) is 4.90 Å². The van der Waals surface area contributed by atoms with Crippen molar-refractivity contribution in [2.45, 2.75) is 39.4 Å². The van der Waals surface area contributed by atoms with Gasteiger partial charge in [-0.15, -0.1) is 0 Å². The van der Waals surface area contributed by atoms with Crippen LogP contribution in [0.15, 0.2) is 0 Å². The number of hydrogen-bond donors (Lipinski definition) is 0. The number of ether oxygens (including phenoxy) is 1. The zero-order valence-corrected chi connectivity index (χ0v) is 12.2. The van der Waals surface area contributed by atoms with Gasteiger partial charge in [-0.1, -0.05) is 22.9 Å². The van der Waals surface area contributed by atoms with Gasteiger partial charge in [0.05, 0.1) is 18.1 Å². The van der Waals surface area contributed by atoms with E-state index >= 15 is 0 Å². The predicted octanol–water partition coefficient (Wildman–Crippen LogP) is 2.29.